The number of hydrogen-bond acceptors (Lipinski definition) is 3. The molecule has 0 unspecified atom stereocenters. The monoisotopic (exact) mass is 147 g/mol. The zero-order valence-electron chi connectivity index (χ0n) is 5.70. The smallest absolute Gasteiger partial charge is 0.226 e. The van der Waals surface area contributed by atoms with E-state index in [2.05, 4.69) is 15.2 Å². The maximum atomic E-state index is 8.38. The molecule has 2 aromatic rings. The molecule has 0 N–H and O–H groups in total. The number of rotatable bonds is 1. The van der Waals surface area contributed by atoms with Crippen LogP contribution < -0.4 is 0 Å². The zero-order valence-corrected chi connectivity index (χ0v) is 5.70. The summed E-state index contributed by atoms with van der Waals surface area (Å²) < 4.78 is 9.28. The van der Waals surface area contributed by atoms with Crippen molar-refractivity contribution in [2.75, 3.05) is 0 Å². The van der Waals surface area contributed by atoms with Gasteiger partial charge >= 0.3 is 0 Å². The molecule has 0 spiro atoms. The van der Waals surface area contributed by atoms with Crippen LogP contribution in [-0.4, -0.2) is 0 Å². The third-order valence-corrected chi connectivity index (χ3v) is 1.51. The van der Waals surface area contributed by atoms with E-state index < -0.39 is 0 Å². The fraction of sp³-hybridized carbons (Fsp3) is 0.125. The van der Waals surface area contributed by atoms with Gasteiger partial charge in [0.15, 0.2) is 0 Å². The lowest BCUT2D eigenvalue weighted by molar-refractivity contribution is 0.0588. The quantitative estimate of drug-likeness (QED) is 0.580. The van der Waals surface area contributed by atoms with Gasteiger partial charge in [0.1, 0.15) is 0 Å². The molecule has 0 atom stereocenters. The van der Waals surface area contributed by atoms with E-state index in [0.29, 0.717) is 6.42 Å². The van der Waals surface area contributed by atoms with Gasteiger partial charge in [0.05, 0.1) is 12.5 Å². The van der Waals surface area contributed by atoms with Gasteiger partial charge in [-0.1, -0.05) is 6.07 Å². The van der Waals surface area contributed by atoms with Crippen LogP contribution in [0.1, 0.15) is 5.56 Å². The van der Waals surface area contributed by atoms with Crippen molar-refractivity contribution in [1.29, 1.82) is 5.26 Å². The summed E-state index contributed by atoms with van der Waals surface area (Å²) in [6, 6.07) is 7.51. The second-order valence-electron chi connectivity index (χ2n) is 2.28. The predicted molar refractivity (Wildman–Crippen MR) is 37.8 cm³/mol. The summed E-state index contributed by atoms with van der Waals surface area (Å²) in [6.45, 7) is 0. The topological polar surface area (TPSA) is 50.1 Å². The molecule has 0 amide bonds. The Balaban J connectivity index is 2.45. The lowest BCUT2D eigenvalue weighted by Crippen LogP contribution is -1.82. The van der Waals surface area contributed by atoms with Crippen molar-refractivity contribution in [2.45, 2.75) is 6.42 Å². The molecule has 1 aromatic carbocycles. The summed E-state index contributed by atoms with van der Waals surface area (Å²) in [5, 5.41) is 8.38. The van der Waals surface area contributed by atoms with Crippen LogP contribution in [0.3, 0.4) is 0 Å². The lowest BCUT2D eigenvalue weighted by atomic mass is 10.1. The molecule has 2 rings (SSSR count). The Morgan fingerprint density at radius 1 is 1.27 bits per heavy atom. The van der Waals surface area contributed by atoms with E-state index in [-0.39, 0.29) is 0 Å². The van der Waals surface area contributed by atoms with E-state index >= 15 is 0 Å². The molecule has 54 valence electrons. The molecule has 3 heteroatoms. The van der Waals surface area contributed by atoms with E-state index in [1.165, 1.54) is 0 Å². The Bertz CT molecular complexity index is 405. The van der Waals surface area contributed by atoms with Crippen LogP contribution in [0.4, 0.5) is 0 Å². The first-order chi connectivity index (χ1) is 5.40. The second-order valence-corrected chi connectivity index (χ2v) is 2.28. The van der Waals surface area contributed by atoms with Crippen molar-refractivity contribution in [3.8, 4) is 6.07 Å². The summed E-state index contributed by atoms with van der Waals surface area (Å²) >= 11 is 0. The highest BCUT2D eigenvalue weighted by Gasteiger charge is 2.03. The zero-order chi connectivity index (χ0) is 7.68. The molecule has 3 nitrogen and oxygen atoms in total. The molecule has 0 aliphatic rings. The van der Waals surface area contributed by atoms with Crippen molar-refractivity contribution in [1.82, 2.24) is 0 Å². The third kappa shape index (κ3) is 0.887. The minimum Gasteiger partial charge on any atom is -0.286 e. The molecule has 11 heavy (non-hydrogen) atoms. The summed E-state index contributed by atoms with van der Waals surface area (Å²) in [5.74, 6) is 0. The second kappa shape index (κ2) is 2.17. The Morgan fingerprint density at radius 2 is 2.09 bits per heavy atom. The van der Waals surface area contributed by atoms with Gasteiger partial charge in [-0.05, 0) is 17.7 Å². The molecule has 0 fully saturated rings. The fourth-order valence-electron chi connectivity index (χ4n) is 0.943. The van der Waals surface area contributed by atoms with Crippen molar-refractivity contribution >= 4 is 11.2 Å². The number of nitriles is 1. The Labute approximate surface area is 62.7 Å². The number of benzene rings is 1. The predicted octanol–water partition coefficient (Wildman–Crippen LogP) is 2.09. The van der Waals surface area contributed by atoms with Crippen molar-refractivity contribution < 1.29 is 9.15 Å². The van der Waals surface area contributed by atoms with Crippen molar-refractivity contribution in [2.24, 2.45) is 0 Å². The van der Waals surface area contributed by atoms with E-state index in [1.54, 1.807) is 6.07 Å². The SMILES string of the molecule is N#CCc1ccc2ooc2c1. The average molecular weight is 147 g/mol. The van der Waals surface area contributed by atoms with Crippen molar-refractivity contribution in [3.63, 3.8) is 0 Å². The van der Waals surface area contributed by atoms with E-state index in [4.69, 9.17) is 5.26 Å². The van der Waals surface area contributed by atoms with Gasteiger partial charge in [0, 0.05) is 0 Å². The van der Waals surface area contributed by atoms with Gasteiger partial charge < -0.3 is 0 Å². The van der Waals surface area contributed by atoms with Gasteiger partial charge in [-0.25, -0.2) is 0 Å². The highest BCUT2D eigenvalue weighted by molar-refractivity contribution is 5.71. The van der Waals surface area contributed by atoms with Crippen LogP contribution in [0, 0.1) is 11.3 Å². The first-order valence-corrected chi connectivity index (χ1v) is 3.24. The van der Waals surface area contributed by atoms with Gasteiger partial charge in [-0.15, -0.1) is 0 Å². The molecule has 0 bridgehead atoms. The van der Waals surface area contributed by atoms with Crippen LogP contribution in [-0.2, 0) is 6.42 Å². The summed E-state index contributed by atoms with van der Waals surface area (Å²) in [5.41, 5.74) is 2.42. The van der Waals surface area contributed by atoms with Gasteiger partial charge in [0.25, 0.3) is 0 Å². The highest BCUT2D eigenvalue weighted by atomic mass is 17.0. The van der Waals surface area contributed by atoms with Crippen LogP contribution in [0.5, 0.6) is 0 Å². The molecule has 0 aliphatic heterocycles. The maximum Gasteiger partial charge on any atom is 0.226 e. The summed E-state index contributed by atoms with van der Waals surface area (Å²) in [6.07, 6.45) is 0.413. The third-order valence-electron chi connectivity index (χ3n) is 1.51. The number of hydrogen-bond donors (Lipinski definition) is 0. The molecular weight excluding hydrogens is 142 g/mol. The molecule has 0 saturated heterocycles. The fourth-order valence-corrected chi connectivity index (χ4v) is 0.943. The Kier molecular flexibility index (Phi) is 1.19. The molecule has 0 radical (unpaired) electrons. The van der Waals surface area contributed by atoms with Crippen LogP contribution in [0.2, 0.25) is 0 Å². The number of nitrogens with zero attached hydrogens (tertiary/aromatic N) is 1. The lowest BCUT2D eigenvalue weighted by Gasteiger charge is -1.98. The first kappa shape index (κ1) is 6.05. The van der Waals surface area contributed by atoms with Gasteiger partial charge in [-0.2, -0.15) is 5.26 Å². The Morgan fingerprint density at radius 3 is 2.64 bits per heavy atom. The largest absolute Gasteiger partial charge is 0.286 e. The summed E-state index contributed by atoms with van der Waals surface area (Å²) in [7, 11) is 0. The molecule has 0 saturated carbocycles. The molecule has 0 aliphatic carbocycles. The van der Waals surface area contributed by atoms with Crippen LogP contribution in [0.15, 0.2) is 27.4 Å². The van der Waals surface area contributed by atoms with E-state index in [1.807, 2.05) is 12.1 Å². The summed E-state index contributed by atoms with van der Waals surface area (Å²) in [4.78, 5) is 0. The van der Waals surface area contributed by atoms with E-state index in [9.17, 15) is 0 Å². The Hall–Kier alpha value is -1.69. The minimum absolute atomic E-state index is 0.413. The van der Waals surface area contributed by atoms with Gasteiger partial charge in [0.2, 0.25) is 11.2 Å². The highest BCUT2D eigenvalue weighted by Crippen LogP contribution is 2.19. The van der Waals surface area contributed by atoms with Gasteiger partial charge in [-0.3, -0.25) is 9.15 Å². The molecular formula is C8H5NO2. The van der Waals surface area contributed by atoms with Crippen molar-refractivity contribution in [3.05, 3.63) is 23.8 Å². The first-order valence-electron chi connectivity index (χ1n) is 3.24. The van der Waals surface area contributed by atoms with Crippen LogP contribution >= 0.6 is 0 Å². The molecule has 1 aromatic heterocycles. The van der Waals surface area contributed by atoms with Crippen LogP contribution in [0.25, 0.3) is 11.2 Å². The number of fused-ring (bicyclic) bond motifs is 1. The molecule has 1 heterocycles. The normalized spacial score (nSPS) is 10.1. The maximum absolute atomic E-state index is 8.38. The van der Waals surface area contributed by atoms with E-state index in [0.717, 1.165) is 16.7 Å². The average Bonchev–Trinajstić information content (AvgIpc) is 1.96. The standard InChI is InChI=1S/C8H5NO2/c9-4-3-6-1-2-7-8(5-6)11-10-7/h1-2,5H,3H2. The minimum atomic E-state index is 0.413.